The molecule has 2 heterocycles. The molecule has 0 aliphatic carbocycles. The Labute approximate surface area is 157 Å². The molecule has 0 bridgehead atoms. The van der Waals surface area contributed by atoms with Crippen molar-refractivity contribution in [1.29, 1.82) is 0 Å². The van der Waals surface area contributed by atoms with Gasteiger partial charge in [0.2, 0.25) is 6.10 Å². The summed E-state index contributed by atoms with van der Waals surface area (Å²) in [5, 5.41) is 0.705. The number of carbonyl (C=O) groups is 2. The average molecular weight is 386 g/mol. The first-order valence-electron chi connectivity index (χ1n) is 8.47. The number of fused-ring (bicyclic) bond motifs is 1. The second-order valence-corrected chi connectivity index (χ2v) is 7.43. The van der Waals surface area contributed by atoms with Gasteiger partial charge in [0.1, 0.15) is 0 Å². The number of ether oxygens (including phenoxy) is 2. The fraction of sp³-hybridized carbons (Fsp3) is 0.556. The van der Waals surface area contributed by atoms with Gasteiger partial charge in [0.25, 0.3) is 0 Å². The van der Waals surface area contributed by atoms with E-state index in [1.165, 1.54) is 26.0 Å². The van der Waals surface area contributed by atoms with Crippen molar-refractivity contribution in [3.63, 3.8) is 0 Å². The first-order valence-corrected chi connectivity index (χ1v) is 9.22. The van der Waals surface area contributed by atoms with E-state index in [1.807, 2.05) is 0 Å². The lowest BCUT2D eigenvalue weighted by molar-refractivity contribution is -0.169. The summed E-state index contributed by atoms with van der Waals surface area (Å²) in [5.41, 5.74) is 0.377. The molecule has 3 rings (SSSR count). The Hall–Kier alpha value is -1.30. The molecule has 0 N–H and O–H groups in total. The summed E-state index contributed by atoms with van der Waals surface area (Å²) in [5.74, 6) is -1.26. The van der Waals surface area contributed by atoms with Crippen LogP contribution in [0.15, 0.2) is 18.2 Å². The van der Waals surface area contributed by atoms with Crippen molar-refractivity contribution >= 4 is 35.1 Å². The molecule has 0 radical (unpaired) electrons. The summed E-state index contributed by atoms with van der Waals surface area (Å²) in [6.07, 6.45) is 3.09. The Kier molecular flexibility index (Phi) is 5.87. The average Bonchev–Trinajstić information content (AvgIpc) is 3.03. The number of hydrogen-bond acceptors (Lipinski definition) is 5. The number of rotatable bonds is 4. The molecule has 25 heavy (non-hydrogen) atoms. The monoisotopic (exact) mass is 385 g/mol. The topological polar surface area (TPSA) is 55.8 Å². The summed E-state index contributed by atoms with van der Waals surface area (Å²) in [6, 6.07) is 5.14. The molecule has 136 valence electrons. The lowest BCUT2D eigenvalue weighted by atomic mass is 9.99. The first-order chi connectivity index (χ1) is 12.0. The zero-order chi connectivity index (χ0) is 18.0. The Morgan fingerprint density at radius 3 is 2.76 bits per heavy atom. The predicted octanol–water partition coefficient (Wildman–Crippen LogP) is 3.63. The minimum atomic E-state index is -1.18. The van der Waals surface area contributed by atoms with E-state index in [1.54, 1.807) is 12.1 Å². The van der Waals surface area contributed by atoms with Crippen LogP contribution < -0.4 is 0 Å². The number of methoxy groups -OCH3 is 1. The second-order valence-electron chi connectivity index (χ2n) is 6.58. The smallest absolute Gasteiger partial charge is 0.352 e. The SMILES string of the molecule is COC(=O)C(OC(=O)C1CC2CCCCN2C1)c1ccc(Cl)cc1Cl. The van der Waals surface area contributed by atoms with Gasteiger partial charge >= 0.3 is 11.9 Å². The summed E-state index contributed by atoms with van der Waals surface area (Å²) in [4.78, 5) is 27.1. The number of piperidine rings is 1. The Bertz CT molecular complexity index is 652. The fourth-order valence-corrected chi connectivity index (χ4v) is 4.20. The highest BCUT2D eigenvalue weighted by atomic mass is 35.5. The lowest BCUT2D eigenvalue weighted by Gasteiger charge is -2.28. The molecule has 2 fully saturated rings. The molecule has 2 saturated heterocycles. The molecule has 1 aromatic carbocycles. The Balaban J connectivity index is 1.74. The van der Waals surface area contributed by atoms with Crippen molar-refractivity contribution in [2.75, 3.05) is 20.2 Å². The van der Waals surface area contributed by atoms with Crippen LogP contribution in [0.3, 0.4) is 0 Å². The number of esters is 2. The van der Waals surface area contributed by atoms with E-state index in [9.17, 15) is 9.59 Å². The van der Waals surface area contributed by atoms with Gasteiger partial charge in [-0.25, -0.2) is 4.79 Å². The molecule has 2 aliphatic heterocycles. The van der Waals surface area contributed by atoms with E-state index in [2.05, 4.69) is 4.90 Å². The Morgan fingerprint density at radius 2 is 2.08 bits per heavy atom. The maximum atomic E-state index is 12.6. The van der Waals surface area contributed by atoms with E-state index >= 15 is 0 Å². The third kappa shape index (κ3) is 4.10. The molecule has 7 heteroatoms. The van der Waals surface area contributed by atoms with Crippen LogP contribution in [-0.4, -0.2) is 43.1 Å². The summed E-state index contributed by atoms with van der Waals surface area (Å²) in [6.45, 7) is 1.71. The van der Waals surface area contributed by atoms with Crippen LogP contribution >= 0.6 is 23.2 Å². The molecule has 1 aromatic rings. The van der Waals surface area contributed by atoms with Crippen LogP contribution in [0.1, 0.15) is 37.4 Å². The maximum absolute atomic E-state index is 12.6. The van der Waals surface area contributed by atoms with Crippen LogP contribution in [0.5, 0.6) is 0 Å². The largest absolute Gasteiger partial charge is 0.466 e. The maximum Gasteiger partial charge on any atom is 0.352 e. The van der Waals surface area contributed by atoms with E-state index in [0.29, 0.717) is 23.2 Å². The summed E-state index contributed by atoms with van der Waals surface area (Å²) >= 11 is 12.1. The second kappa shape index (κ2) is 7.94. The quantitative estimate of drug-likeness (QED) is 0.740. The number of halogens is 2. The molecular formula is C18H21Cl2NO4. The molecule has 5 nitrogen and oxygen atoms in total. The van der Waals surface area contributed by atoms with Gasteiger partial charge in [-0.1, -0.05) is 35.7 Å². The minimum absolute atomic E-state index is 0.221. The molecule has 0 amide bonds. The zero-order valence-electron chi connectivity index (χ0n) is 14.0. The van der Waals surface area contributed by atoms with E-state index in [-0.39, 0.29) is 16.9 Å². The van der Waals surface area contributed by atoms with Crippen LogP contribution in [0.2, 0.25) is 10.0 Å². The molecule has 3 atom stereocenters. The van der Waals surface area contributed by atoms with E-state index < -0.39 is 12.1 Å². The van der Waals surface area contributed by atoms with Crippen LogP contribution in [0.4, 0.5) is 0 Å². The lowest BCUT2D eigenvalue weighted by Crippen LogP contribution is -2.34. The van der Waals surface area contributed by atoms with Gasteiger partial charge in [0.15, 0.2) is 0 Å². The first kappa shape index (κ1) is 18.5. The highest BCUT2D eigenvalue weighted by Gasteiger charge is 2.40. The van der Waals surface area contributed by atoms with E-state index in [4.69, 9.17) is 32.7 Å². The molecular weight excluding hydrogens is 365 g/mol. The van der Waals surface area contributed by atoms with Crippen molar-refractivity contribution in [2.24, 2.45) is 5.92 Å². The van der Waals surface area contributed by atoms with E-state index in [0.717, 1.165) is 19.4 Å². The van der Waals surface area contributed by atoms with Gasteiger partial charge in [-0.2, -0.15) is 0 Å². The minimum Gasteiger partial charge on any atom is -0.466 e. The van der Waals surface area contributed by atoms with Crippen molar-refractivity contribution in [3.8, 4) is 0 Å². The molecule has 3 unspecified atom stereocenters. The highest BCUT2D eigenvalue weighted by molar-refractivity contribution is 6.35. The third-order valence-corrected chi connectivity index (χ3v) is 5.55. The van der Waals surface area contributed by atoms with Crippen molar-refractivity contribution < 1.29 is 19.1 Å². The standard InChI is InChI=1S/C18H21Cl2NO4/c1-24-18(23)16(14-6-5-12(19)9-15(14)20)25-17(22)11-8-13-4-2-3-7-21(13)10-11/h5-6,9,11,13,16H,2-4,7-8,10H2,1H3. The van der Waals surface area contributed by atoms with Crippen LogP contribution in [0, 0.1) is 5.92 Å². The normalized spacial score (nSPS) is 24.4. The third-order valence-electron chi connectivity index (χ3n) is 4.99. The summed E-state index contributed by atoms with van der Waals surface area (Å²) in [7, 11) is 1.25. The number of nitrogens with zero attached hydrogens (tertiary/aromatic N) is 1. The summed E-state index contributed by atoms with van der Waals surface area (Å²) < 4.78 is 10.3. The molecule has 0 aromatic heterocycles. The number of carbonyl (C=O) groups excluding carboxylic acids is 2. The van der Waals surface area contributed by atoms with Crippen LogP contribution in [-0.2, 0) is 19.1 Å². The van der Waals surface area contributed by atoms with Gasteiger partial charge in [0, 0.05) is 28.2 Å². The van der Waals surface area contributed by atoms with Crippen molar-refractivity contribution in [2.45, 2.75) is 37.8 Å². The van der Waals surface area contributed by atoms with Crippen LogP contribution in [0.25, 0.3) is 0 Å². The number of benzene rings is 1. The predicted molar refractivity (Wildman–Crippen MR) is 94.6 cm³/mol. The fourth-order valence-electron chi connectivity index (χ4n) is 3.70. The van der Waals surface area contributed by atoms with Crippen molar-refractivity contribution in [1.82, 2.24) is 4.90 Å². The zero-order valence-corrected chi connectivity index (χ0v) is 15.6. The highest BCUT2D eigenvalue weighted by Crippen LogP contribution is 2.34. The molecule has 0 saturated carbocycles. The van der Waals surface area contributed by atoms with Gasteiger partial charge in [-0.15, -0.1) is 0 Å². The van der Waals surface area contributed by atoms with Gasteiger partial charge < -0.3 is 9.47 Å². The van der Waals surface area contributed by atoms with Gasteiger partial charge in [0.05, 0.1) is 13.0 Å². The number of hydrogen-bond donors (Lipinski definition) is 0. The Morgan fingerprint density at radius 1 is 1.28 bits per heavy atom. The molecule has 2 aliphatic rings. The van der Waals surface area contributed by atoms with Gasteiger partial charge in [-0.05, 0) is 37.9 Å². The van der Waals surface area contributed by atoms with Gasteiger partial charge in [-0.3, -0.25) is 9.69 Å². The molecule has 0 spiro atoms. The van der Waals surface area contributed by atoms with Crippen molar-refractivity contribution in [3.05, 3.63) is 33.8 Å².